The first-order chi connectivity index (χ1) is 9.24. The third-order valence-electron chi connectivity index (χ3n) is 3.47. The standard InChI is InChI=1S/C14H13F2N3/c15-11-3-4-12(13(16)8-11)10-5-7-19(9-10)14-2-1-6-17-18-14/h1-4,6,8,10H,5,7,9H2/t10-/m0/s1. The van der Waals surface area contributed by atoms with Crippen molar-refractivity contribution in [3.05, 3.63) is 53.7 Å². The maximum absolute atomic E-state index is 13.7. The summed E-state index contributed by atoms with van der Waals surface area (Å²) in [6.07, 6.45) is 2.45. The third-order valence-corrected chi connectivity index (χ3v) is 3.47. The molecule has 0 bridgehead atoms. The maximum Gasteiger partial charge on any atom is 0.151 e. The van der Waals surface area contributed by atoms with Crippen LogP contribution in [0.5, 0.6) is 0 Å². The fourth-order valence-electron chi connectivity index (χ4n) is 2.52. The quantitative estimate of drug-likeness (QED) is 0.832. The van der Waals surface area contributed by atoms with Crippen molar-refractivity contribution in [1.82, 2.24) is 10.2 Å². The van der Waals surface area contributed by atoms with Gasteiger partial charge in [0.2, 0.25) is 0 Å². The second kappa shape index (κ2) is 4.91. The van der Waals surface area contributed by atoms with E-state index in [0.717, 1.165) is 24.8 Å². The topological polar surface area (TPSA) is 29.0 Å². The van der Waals surface area contributed by atoms with Crippen LogP contribution in [0.25, 0.3) is 0 Å². The number of halogens is 2. The predicted octanol–water partition coefficient (Wildman–Crippen LogP) is 2.75. The molecule has 3 nitrogen and oxygen atoms in total. The van der Waals surface area contributed by atoms with Crippen LogP contribution in [0.3, 0.4) is 0 Å². The lowest BCUT2D eigenvalue weighted by atomic mass is 9.98. The molecule has 2 heterocycles. The molecule has 1 fully saturated rings. The van der Waals surface area contributed by atoms with E-state index in [2.05, 4.69) is 15.1 Å². The van der Waals surface area contributed by atoms with E-state index >= 15 is 0 Å². The second-order valence-electron chi connectivity index (χ2n) is 4.68. The Balaban J connectivity index is 1.79. The lowest BCUT2D eigenvalue weighted by Crippen LogP contribution is -2.20. The number of hydrogen-bond donors (Lipinski definition) is 0. The van der Waals surface area contributed by atoms with Crippen LogP contribution in [-0.4, -0.2) is 23.3 Å². The van der Waals surface area contributed by atoms with Gasteiger partial charge in [0.1, 0.15) is 11.6 Å². The van der Waals surface area contributed by atoms with Crippen molar-refractivity contribution in [2.45, 2.75) is 12.3 Å². The molecule has 0 unspecified atom stereocenters. The highest BCUT2D eigenvalue weighted by Crippen LogP contribution is 2.31. The van der Waals surface area contributed by atoms with Gasteiger partial charge in [0.15, 0.2) is 5.82 Å². The normalized spacial score (nSPS) is 18.8. The SMILES string of the molecule is Fc1ccc([C@H]2CCN(c3cccnn3)C2)c(F)c1. The molecule has 0 radical (unpaired) electrons. The van der Waals surface area contributed by atoms with Crippen molar-refractivity contribution < 1.29 is 8.78 Å². The summed E-state index contributed by atoms with van der Waals surface area (Å²) in [5.41, 5.74) is 0.577. The zero-order valence-electron chi connectivity index (χ0n) is 10.3. The van der Waals surface area contributed by atoms with Gasteiger partial charge in [-0.15, -0.1) is 5.10 Å². The van der Waals surface area contributed by atoms with Crippen LogP contribution in [0.15, 0.2) is 36.5 Å². The number of benzene rings is 1. The first-order valence-electron chi connectivity index (χ1n) is 6.21. The monoisotopic (exact) mass is 261 g/mol. The van der Waals surface area contributed by atoms with E-state index in [1.54, 1.807) is 6.20 Å². The summed E-state index contributed by atoms with van der Waals surface area (Å²) >= 11 is 0. The van der Waals surface area contributed by atoms with E-state index in [4.69, 9.17) is 0 Å². The van der Waals surface area contributed by atoms with Gasteiger partial charge in [-0.25, -0.2) is 8.78 Å². The summed E-state index contributed by atoms with van der Waals surface area (Å²) in [6, 6.07) is 7.50. The number of anilines is 1. The fourth-order valence-corrected chi connectivity index (χ4v) is 2.52. The van der Waals surface area contributed by atoms with Crippen LogP contribution >= 0.6 is 0 Å². The summed E-state index contributed by atoms with van der Waals surface area (Å²) in [5, 5.41) is 7.89. The molecule has 3 rings (SSSR count). The van der Waals surface area contributed by atoms with E-state index in [1.165, 1.54) is 12.1 Å². The largest absolute Gasteiger partial charge is 0.354 e. The Hall–Kier alpha value is -2.04. The van der Waals surface area contributed by atoms with Gasteiger partial charge in [0.05, 0.1) is 0 Å². The molecule has 1 aromatic heterocycles. The number of nitrogens with zero attached hydrogens (tertiary/aromatic N) is 3. The number of hydrogen-bond acceptors (Lipinski definition) is 3. The van der Waals surface area contributed by atoms with Crippen LogP contribution in [-0.2, 0) is 0 Å². The number of rotatable bonds is 2. The third kappa shape index (κ3) is 2.41. The van der Waals surface area contributed by atoms with Crippen LogP contribution < -0.4 is 4.90 Å². The van der Waals surface area contributed by atoms with Crippen LogP contribution in [0, 0.1) is 11.6 Å². The summed E-state index contributed by atoms with van der Waals surface area (Å²) in [6.45, 7) is 1.49. The summed E-state index contributed by atoms with van der Waals surface area (Å²) in [7, 11) is 0. The molecular weight excluding hydrogens is 248 g/mol. The molecule has 1 aliphatic heterocycles. The highest BCUT2D eigenvalue weighted by molar-refractivity contribution is 5.40. The van der Waals surface area contributed by atoms with Gasteiger partial charge >= 0.3 is 0 Å². The van der Waals surface area contributed by atoms with Gasteiger partial charge in [-0.3, -0.25) is 0 Å². The molecule has 0 amide bonds. The van der Waals surface area contributed by atoms with Crippen molar-refractivity contribution in [2.75, 3.05) is 18.0 Å². The molecule has 5 heteroatoms. The van der Waals surface area contributed by atoms with Gasteiger partial charge in [-0.2, -0.15) is 5.10 Å². The van der Waals surface area contributed by atoms with Crippen molar-refractivity contribution in [3.63, 3.8) is 0 Å². The van der Waals surface area contributed by atoms with E-state index in [0.29, 0.717) is 12.1 Å². The van der Waals surface area contributed by atoms with Gasteiger partial charge in [0.25, 0.3) is 0 Å². The predicted molar refractivity (Wildman–Crippen MR) is 68.0 cm³/mol. The minimum Gasteiger partial charge on any atom is -0.354 e. The van der Waals surface area contributed by atoms with Crippen molar-refractivity contribution in [1.29, 1.82) is 0 Å². The van der Waals surface area contributed by atoms with E-state index < -0.39 is 11.6 Å². The minimum absolute atomic E-state index is 0.0719. The van der Waals surface area contributed by atoms with Gasteiger partial charge in [-0.05, 0) is 30.2 Å². The Morgan fingerprint density at radius 3 is 2.84 bits per heavy atom. The molecule has 1 atom stereocenters. The molecule has 2 aromatic rings. The van der Waals surface area contributed by atoms with E-state index in [9.17, 15) is 8.78 Å². The molecule has 0 saturated carbocycles. The summed E-state index contributed by atoms with van der Waals surface area (Å²) in [4.78, 5) is 2.07. The van der Waals surface area contributed by atoms with E-state index in [-0.39, 0.29) is 5.92 Å². The molecule has 1 aromatic carbocycles. The minimum atomic E-state index is -0.537. The van der Waals surface area contributed by atoms with Crippen molar-refractivity contribution in [3.8, 4) is 0 Å². The van der Waals surface area contributed by atoms with Gasteiger partial charge in [-0.1, -0.05) is 6.07 Å². The van der Waals surface area contributed by atoms with Crippen LogP contribution in [0.2, 0.25) is 0 Å². The lowest BCUT2D eigenvalue weighted by Gasteiger charge is -2.16. The van der Waals surface area contributed by atoms with E-state index in [1.807, 2.05) is 12.1 Å². The molecule has 1 aliphatic rings. The second-order valence-corrected chi connectivity index (χ2v) is 4.68. The average Bonchev–Trinajstić information content (AvgIpc) is 2.89. The molecule has 19 heavy (non-hydrogen) atoms. The Kier molecular flexibility index (Phi) is 3.11. The fraction of sp³-hybridized carbons (Fsp3) is 0.286. The smallest absolute Gasteiger partial charge is 0.151 e. The highest BCUT2D eigenvalue weighted by Gasteiger charge is 2.26. The Morgan fingerprint density at radius 2 is 2.11 bits per heavy atom. The Morgan fingerprint density at radius 1 is 1.21 bits per heavy atom. The highest BCUT2D eigenvalue weighted by atomic mass is 19.1. The Labute approximate surface area is 109 Å². The summed E-state index contributed by atoms with van der Waals surface area (Å²) in [5.74, 6) is -0.133. The van der Waals surface area contributed by atoms with Crippen molar-refractivity contribution >= 4 is 5.82 Å². The molecule has 0 N–H and O–H groups in total. The maximum atomic E-state index is 13.7. The molecule has 98 valence electrons. The van der Waals surface area contributed by atoms with Gasteiger partial charge in [0, 0.05) is 31.3 Å². The van der Waals surface area contributed by atoms with Gasteiger partial charge < -0.3 is 4.90 Å². The average molecular weight is 261 g/mol. The molecular formula is C14H13F2N3. The first-order valence-corrected chi connectivity index (χ1v) is 6.21. The van der Waals surface area contributed by atoms with Crippen molar-refractivity contribution in [2.24, 2.45) is 0 Å². The molecule has 0 aliphatic carbocycles. The Bertz CT molecular complexity index is 574. The van der Waals surface area contributed by atoms with Crippen LogP contribution in [0.1, 0.15) is 17.9 Å². The first kappa shape index (κ1) is 12.0. The zero-order chi connectivity index (χ0) is 13.2. The molecule has 1 saturated heterocycles. The molecule has 0 spiro atoms. The number of aromatic nitrogens is 2. The lowest BCUT2D eigenvalue weighted by molar-refractivity contribution is 0.559. The van der Waals surface area contributed by atoms with Crippen LogP contribution in [0.4, 0.5) is 14.6 Å². The zero-order valence-corrected chi connectivity index (χ0v) is 10.3. The summed E-state index contributed by atoms with van der Waals surface area (Å²) < 4.78 is 26.7.